The third-order valence-corrected chi connectivity index (χ3v) is 3.81. The van der Waals surface area contributed by atoms with E-state index >= 15 is 0 Å². The lowest BCUT2D eigenvalue weighted by Gasteiger charge is -2.23. The van der Waals surface area contributed by atoms with Gasteiger partial charge in [-0.25, -0.2) is 0 Å². The second-order valence-electron chi connectivity index (χ2n) is 6.60. The molecule has 20 heavy (non-hydrogen) atoms. The summed E-state index contributed by atoms with van der Waals surface area (Å²) in [7, 11) is 0. The number of para-hydroxylation sites is 1. The maximum absolute atomic E-state index is 12.2. The Morgan fingerprint density at radius 2 is 2.15 bits per heavy atom. The maximum atomic E-state index is 12.2. The number of esters is 1. The van der Waals surface area contributed by atoms with Crippen LogP contribution in [0.4, 0.5) is 5.69 Å². The molecule has 0 saturated carbocycles. The minimum atomic E-state index is -0.448. The summed E-state index contributed by atoms with van der Waals surface area (Å²) in [5.74, 6) is -0.174. The number of aliphatic imine (C=N–C) groups is 1. The highest BCUT2D eigenvalue weighted by Gasteiger charge is 2.46. The van der Waals surface area contributed by atoms with Gasteiger partial charge in [-0.3, -0.25) is 9.79 Å². The van der Waals surface area contributed by atoms with E-state index in [9.17, 15) is 4.79 Å². The van der Waals surface area contributed by atoms with Crippen molar-refractivity contribution in [2.75, 3.05) is 6.54 Å². The molecule has 106 valence electrons. The fourth-order valence-electron chi connectivity index (χ4n) is 2.93. The second-order valence-corrected chi connectivity index (χ2v) is 6.60. The Morgan fingerprint density at radius 1 is 1.40 bits per heavy atom. The first-order valence-electron chi connectivity index (χ1n) is 7.01. The zero-order chi connectivity index (χ0) is 14.4. The monoisotopic (exact) mass is 272 g/mol. The van der Waals surface area contributed by atoms with E-state index in [4.69, 9.17) is 4.74 Å². The van der Waals surface area contributed by atoms with Gasteiger partial charge in [-0.1, -0.05) is 18.2 Å². The highest BCUT2D eigenvalue weighted by atomic mass is 16.6. The Kier molecular flexibility index (Phi) is 2.94. The lowest BCUT2D eigenvalue weighted by Crippen LogP contribution is -2.37. The molecule has 2 unspecified atom stereocenters. The lowest BCUT2D eigenvalue weighted by atomic mass is 9.80. The predicted molar refractivity (Wildman–Crippen MR) is 78.5 cm³/mol. The van der Waals surface area contributed by atoms with E-state index < -0.39 is 5.60 Å². The van der Waals surface area contributed by atoms with Gasteiger partial charge < -0.3 is 10.1 Å². The molecule has 2 atom stereocenters. The van der Waals surface area contributed by atoms with E-state index in [2.05, 4.69) is 16.4 Å². The summed E-state index contributed by atoms with van der Waals surface area (Å²) in [5, 5.41) is 3.29. The van der Waals surface area contributed by atoms with Gasteiger partial charge in [0.2, 0.25) is 0 Å². The first-order valence-corrected chi connectivity index (χ1v) is 7.01. The lowest BCUT2D eigenvalue weighted by molar-refractivity contribution is -0.157. The van der Waals surface area contributed by atoms with Gasteiger partial charge in [-0.15, -0.1) is 0 Å². The Bertz CT molecular complexity index is 574. The first kappa shape index (κ1) is 13.3. The van der Waals surface area contributed by atoms with Crippen molar-refractivity contribution in [3.8, 4) is 0 Å². The Balaban J connectivity index is 1.78. The van der Waals surface area contributed by atoms with Gasteiger partial charge in [0.25, 0.3) is 0 Å². The molecule has 4 heteroatoms. The third-order valence-electron chi connectivity index (χ3n) is 3.81. The van der Waals surface area contributed by atoms with E-state index in [0.717, 1.165) is 12.2 Å². The van der Waals surface area contributed by atoms with Gasteiger partial charge in [0.15, 0.2) is 0 Å². The van der Waals surface area contributed by atoms with E-state index in [1.54, 1.807) is 0 Å². The van der Waals surface area contributed by atoms with E-state index in [-0.39, 0.29) is 17.4 Å². The van der Waals surface area contributed by atoms with Gasteiger partial charge >= 0.3 is 5.97 Å². The Labute approximate surface area is 119 Å². The number of nitrogens with one attached hydrogen (secondary N) is 1. The van der Waals surface area contributed by atoms with Crippen molar-refractivity contribution < 1.29 is 9.53 Å². The van der Waals surface area contributed by atoms with Gasteiger partial charge in [0.1, 0.15) is 11.6 Å². The normalized spacial score (nSPS) is 27.9. The standard InChI is InChI=1S/C16H20N2O2/c1-15(2,3)20-14(19)13-8-16(10-18-13)9-17-12-7-5-4-6-11(12)16/h4-7,9,13,18H,8,10H2,1-3H3. The molecule has 0 aliphatic carbocycles. The van der Waals surface area contributed by atoms with Crippen molar-refractivity contribution in [3.05, 3.63) is 29.8 Å². The molecule has 0 amide bonds. The van der Waals surface area contributed by atoms with Crippen LogP contribution in [0.1, 0.15) is 32.8 Å². The van der Waals surface area contributed by atoms with Crippen LogP contribution < -0.4 is 5.32 Å². The van der Waals surface area contributed by atoms with Crippen LogP contribution in [0.5, 0.6) is 0 Å². The molecule has 2 aliphatic rings. The first-order chi connectivity index (χ1) is 9.40. The molecule has 0 bridgehead atoms. The van der Waals surface area contributed by atoms with Crippen molar-refractivity contribution in [1.29, 1.82) is 0 Å². The van der Waals surface area contributed by atoms with Gasteiger partial charge in [-0.05, 0) is 38.8 Å². The molecule has 4 nitrogen and oxygen atoms in total. The smallest absolute Gasteiger partial charge is 0.323 e. The SMILES string of the molecule is CC(C)(C)OC(=O)C1CC2(C=Nc3ccccc32)CN1. The molecule has 1 fully saturated rings. The second kappa shape index (κ2) is 4.42. The zero-order valence-electron chi connectivity index (χ0n) is 12.1. The minimum Gasteiger partial charge on any atom is -0.459 e. The summed E-state index contributed by atoms with van der Waals surface area (Å²) < 4.78 is 5.47. The topological polar surface area (TPSA) is 50.7 Å². The molecule has 2 heterocycles. The summed E-state index contributed by atoms with van der Waals surface area (Å²) in [6, 6.07) is 7.87. The zero-order valence-corrected chi connectivity index (χ0v) is 12.1. The number of hydrogen-bond acceptors (Lipinski definition) is 4. The van der Waals surface area contributed by atoms with Crippen molar-refractivity contribution in [2.24, 2.45) is 4.99 Å². The van der Waals surface area contributed by atoms with E-state index in [0.29, 0.717) is 6.42 Å². The van der Waals surface area contributed by atoms with Crippen LogP contribution in [-0.2, 0) is 14.9 Å². The summed E-state index contributed by atoms with van der Waals surface area (Å²) in [6.45, 7) is 6.41. The molecule has 0 radical (unpaired) electrons. The highest BCUT2D eigenvalue weighted by Crippen LogP contribution is 2.42. The van der Waals surface area contributed by atoms with Crippen molar-refractivity contribution in [3.63, 3.8) is 0 Å². The molecule has 1 N–H and O–H groups in total. The summed E-state index contributed by atoms with van der Waals surface area (Å²) in [6.07, 6.45) is 2.69. The predicted octanol–water partition coefficient (Wildman–Crippen LogP) is 2.34. The number of rotatable bonds is 1. The largest absolute Gasteiger partial charge is 0.459 e. The van der Waals surface area contributed by atoms with Crippen molar-refractivity contribution in [1.82, 2.24) is 5.32 Å². The number of nitrogens with zero attached hydrogens (tertiary/aromatic N) is 1. The molecule has 1 spiro atoms. The fraction of sp³-hybridized carbons (Fsp3) is 0.500. The number of benzene rings is 1. The molecule has 1 saturated heterocycles. The average molecular weight is 272 g/mol. The van der Waals surface area contributed by atoms with Gasteiger partial charge in [0, 0.05) is 18.2 Å². The number of fused-ring (bicyclic) bond motifs is 2. The molecular formula is C16H20N2O2. The summed E-state index contributed by atoms with van der Waals surface area (Å²) in [4.78, 5) is 16.7. The molecule has 1 aromatic rings. The summed E-state index contributed by atoms with van der Waals surface area (Å²) in [5.41, 5.74) is 1.62. The van der Waals surface area contributed by atoms with Crippen molar-refractivity contribution in [2.45, 2.75) is 44.2 Å². The van der Waals surface area contributed by atoms with Crippen LogP contribution >= 0.6 is 0 Å². The molecule has 0 aromatic heterocycles. The number of hydrogen-bond donors (Lipinski definition) is 1. The van der Waals surface area contributed by atoms with Crippen LogP contribution in [-0.4, -0.2) is 30.4 Å². The quantitative estimate of drug-likeness (QED) is 0.798. The third kappa shape index (κ3) is 2.24. The van der Waals surface area contributed by atoms with Crippen LogP contribution in [0, 0.1) is 0 Å². The van der Waals surface area contributed by atoms with Crippen LogP contribution in [0.15, 0.2) is 29.3 Å². The average Bonchev–Trinajstić information content (AvgIpc) is 2.95. The maximum Gasteiger partial charge on any atom is 0.323 e. The van der Waals surface area contributed by atoms with Crippen molar-refractivity contribution >= 4 is 17.9 Å². The number of carbonyl (C=O) groups is 1. The van der Waals surface area contributed by atoms with Gasteiger partial charge in [0.05, 0.1) is 5.69 Å². The minimum absolute atomic E-state index is 0.155. The molecular weight excluding hydrogens is 252 g/mol. The van der Waals surface area contributed by atoms with E-state index in [1.165, 1.54) is 5.56 Å². The molecule has 2 aliphatic heterocycles. The molecule has 3 rings (SSSR count). The van der Waals surface area contributed by atoms with Crippen LogP contribution in [0.25, 0.3) is 0 Å². The van der Waals surface area contributed by atoms with Crippen LogP contribution in [0.3, 0.4) is 0 Å². The Hall–Kier alpha value is -1.68. The van der Waals surface area contributed by atoms with Crippen LogP contribution in [0.2, 0.25) is 0 Å². The number of carbonyl (C=O) groups excluding carboxylic acids is 1. The fourth-order valence-corrected chi connectivity index (χ4v) is 2.93. The Morgan fingerprint density at radius 3 is 2.90 bits per heavy atom. The van der Waals surface area contributed by atoms with Gasteiger partial charge in [-0.2, -0.15) is 0 Å². The highest BCUT2D eigenvalue weighted by molar-refractivity contribution is 5.88. The molecule has 1 aromatic carbocycles. The van der Waals surface area contributed by atoms with E-state index in [1.807, 2.05) is 45.2 Å². The number of ether oxygens (including phenoxy) is 1. The summed E-state index contributed by atoms with van der Waals surface area (Å²) >= 11 is 0.